The first-order valence-electron chi connectivity index (χ1n) is 7.74. The highest BCUT2D eigenvalue weighted by Gasteiger charge is 2.29. The van der Waals surface area contributed by atoms with Crippen molar-refractivity contribution in [2.24, 2.45) is 5.92 Å². The van der Waals surface area contributed by atoms with Gasteiger partial charge in [-0.1, -0.05) is 38.1 Å². The Kier molecular flexibility index (Phi) is 5.69. The molecule has 1 aromatic carbocycles. The van der Waals surface area contributed by atoms with Crippen molar-refractivity contribution in [3.63, 3.8) is 0 Å². The molecule has 0 spiro atoms. The Morgan fingerprint density at radius 1 is 1.32 bits per heavy atom. The zero-order valence-electron chi connectivity index (χ0n) is 13.4. The van der Waals surface area contributed by atoms with Gasteiger partial charge in [0.05, 0.1) is 0 Å². The number of ether oxygens (including phenoxy) is 1. The topological polar surface area (TPSA) is 67.4 Å². The lowest BCUT2D eigenvalue weighted by atomic mass is 9.96. The summed E-state index contributed by atoms with van der Waals surface area (Å²) in [4.78, 5) is 24.3. The van der Waals surface area contributed by atoms with Crippen LogP contribution in [0.3, 0.4) is 0 Å². The van der Waals surface area contributed by atoms with Gasteiger partial charge in [-0.15, -0.1) is 0 Å². The maximum Gasteiger partial charge on any atom is 0.331 e. The predicted molar refractivity (Wildman–Crippen MR) is 84.2 cm³/mol. The lowest BCUT2D eigenvalue weighted by molar-refractivity contribution is -0.163. The van der Waals surface area contributed by atoms with Gasteiger partial charge in [-0.05, 0) is 36.9 Å². The van der Waals surface area contributed by atoms with Crippen molar-refractivity contribution in [2.45, 2.75) is 45.3 Å². The van der Waals surface area contributed by atoms with E-state index in [-0.39, 0.29) is 0 Å². The molecule has 2 N–H and O–H groups in total. The fourth-order valence-electron chi connectivity index (χ4n) is 2.67. The van der Waals surface area contributed by atoms with E-state index in [0.29, 0.717) is 25.3 Å². The highest BCUT2D eigenvalue weighted by Crippen LogP contribution is 2.17. The molecule has 2 atom stereocenters. The smallest absolute Gasteiger partial charge is 0.331 e. The second-order valence-electron chi connectivity index (χ2n) is 6.12. The van der Waals surface area contributed by atoms with E-state index >= 15 is 0 Å². The number of rotatable bonds is 5. The Hall–Kier alpha value is -1.72. The van der Waals surface area contributed by atoms with Gasteiger partial charge < -0.3 is 10.1 Å². The van der Waals surface area contributed by atoms with Crippen LogP contribution in [-0.4, -0.2) is 31.1 Å². The summed E-state index contributed by atoms with van der Waals surface area (Å²) in [5.74, 6) is -0.648. The number of hydrogen-bond donors (Lipinski definition) is 2. The second-order valence-corrected chi connectivity index (χ2v) is 6.12. The average molecular weight is 304 g/mol. The van der Waals surface area contributed by atoms with Crippen molar-refractivity contribution in [1.82, 2.24) is 10.6 Å². The Bertz CT molecular complexity index is 542. The molecule has 0 aromatic heterocycles. The minimum Gasteiger partial charge on any atom is -0.391 e. The molecule has 0 radical (unpaired) electrons. The van der Waals surface area contributed by atoms with Gasteiger partial charge in [0.25, 0.3) is 0 Å². The second kappa shape index (κ2) is 7.51. The van der Waals surface area contributed by atoms with Gasteiger partial charge in [-0.25, -0.2) is 9.59 Å². The molecule has 1 unspecified atom stereocenters. The van der Waals surface area contributed by atoms with Gasteiger partial charge in [0.2, 0.25) is 0 Å². The molecule has 1 aliphatic heterocycles. The van der Waals surface area contributed by atoms with Crippen LogP contribution >= 0.6 is 0 Å². The van der Waals surface area contributed by atoms with Crippen molar-refractivity contribution in [1.29, 1.82) is 0 Å². The lowest BCUT2D eigenvalue weighted by Crippen LogP contribution is -2.46. The largest absolute Gasteiger partial charge is 0.391 e. The van der Waals surface area contributed by atoms with Crippen LogP contribution in [-0.2, 0) is 27.3 Å². The van der Waals surface area contributed by atoms with Crippen molar-refractivity contribution < 1.29 is 14.3 Å². The quantitative estimate of drug-likeness (QED) is 0.636. The summed E-state index contributed by atoms with van der Waals surface area (Å²) in [6, 6.07) is 7.07. The van der Waals surface area contributed by atoms with Gasteiger partial charge in [-0.3, -0.25) is 5.32 Å². The number of benzene rings is 1. The first-order valence-corrected chi connectivity index (χ1v) is 7.74. The molecule has 0 aliphatic carbocycles. The van der Waals surface area contributed by atoms with E-state index in [1.54, 1.807) is 7.05 Å². The number of hydrogen-bond acceptors (Lipinski definition) is 5. The van der Waals surface area contributed by atoms with E-state index < -0.39 is 24.0 Å². The summed E-state index contributed by atoms with van der Waals surface area (Å²) < 4.78 is 5.06. The Morgan fingerprint density at radius 2 is 2.00 bits per heavy atom. The van der Waals surface area contributed by atoms with Crippen LogP contribution in [0.5, 0.6) is 0 Å². The van der Waals surface area contributed by atoms with E-state index in [0.717, 1.165) is 5.56 Å². The van der Waals surface area contributed by atoms with Crippen LogP contribution in [0.15, 0.2) is 24.3 Å². The maximum atomic E-state index is 12.2. The van der Waals surface area contributed by atoms with Crippen LogP contribution in [0.2, 0.25) is 0 Å². The standard InChI is InChI=1S/C17H24N2O3/c1-11(2)8-14(18-3)16(20)22-17(21)15-9-12-6-4-5-7-13(12)10-19-15/h4-7,11,14-15,18-19H,8-10H2,1-3H3/t14?,15-/m0/s1. The third kappa shape index (κ3) is 4.15. The highest BCUT2D eigenvalue weighted by molar-refractivity contribution is 5.91. The minimum atomic E-state index is -0.498. The highest BCUT2D eigenvalue weighted by atomic mass is 16.6. The van der Waals surface area contributed by atoms with E-state index in [2.05, 4.69) is 10.6 Å². The first kappa shape index (κ1) is 16.6. The molecule has 0 saturated carbocycles. The molecule has 0 amide bonds. The zero-order valence-corrected chi connectivity index (χ0v) is 13.4. The molecule has 120 valence electrons. The Labute approximate surface area is 131 Å². The van der Waals surface area contributed by atoms with Crippen LogP contribution in [0.4, 0.5) is 0 Å². The third-order valence-corrected chi connectivity index (χ3v) is 3.91. The van der Waals surface area contributed by atoms with E-state index in [1.807, 2.05) is 38.1 Å². The summed E-state index contributed by atoms with van der Waals surface area (Å²) in [6.07, 6.45) is 1.19. The van der Waals surface area contributed by atoms with Crippen molar-refractivity contribution in [3.05, 3.63) is 35.4 Å². The maximum absolute atomic E-state index is 12.2. The number of carbonyl (C=O) groups is 2. The van der Waals surface area contributed by atoms with Crippen LogP contribution in [0.1, 0.15) is 31.4 Å². The average Bonchev–Trinajstić information content (AvgIpc) is 2.51. The van der Waals surface area contributed by atoms with Crippen molar-refractivity contribution in [2.75, 3.05) is 7.05 Å². The molecule has 5 heteroatoms. The zero-order chi connectivity index (χ0) is 16.1. The molecule has 0 saturated heterocycles. The summed E-state index contributed by atoms with van der Waals surface area (Å²) in [5.41, 5.74) is 2.31. The molecule has 1 heterocycles. The van der Waals surface area contributed by atoms with E-state index in [1.165, 1.54) is 5.56 Å². The molecule has 1 aliphatic rings. The monoisotopic (exact) mass is 304 g/mol. The number of likely N-dealkylation sites (N-methyl/N-ethyl adjacent to an activating group) is 1. The van der Waals surface area contributed by atoms with Gasteiger partial charge >= 0.3 is 11.9 Å². The molecular weight excluding hydrogens is 280 g/mol. The summed E-state index contributed by atoms with van der Waals surface area (Å²) in [6.45, 7) is 4.67. The van der Waals surface area contributed by atoms with Gasteiger partial charge in [0.15, 0.2) is 0 Å². The molecule has 1 aromatic rings. The summed E-state index contributed by atoms with van der Waals surface area (Å²) in [5, 5.41) is 6.04. The van der Waals surface area contributed by atoms with Gasteiger partial charge in [0, 0.05) is 6.54 Å². The van der Waals surface area contributed by atoms with E-state index in [9.17, 15) is 9.59 Å². The number of nitrogens with one attached hydrogen (secondary N) is 2. The van der Waals surface area contributed by atoms with Crippen molar-refractivity contribution >= 4 is 11.9 Å². The van der Waals surface area contributed by atoms with Crippen LogP contribution < -0.4 is 10.6 Å². The fraction of sp³-hybridized carbons (Fsp3) is 0.529. The molecule has 0 bridgehead atoms. The molecule has 0 fully saturated rings. The normalized spacial score (nSPS) is 18.6. The third-order valence-electron chi connectivity index (χ3n) is 3.91. The minimum absolute atomic E-state index is 0.347. The molecular formula is C17H24N2O3. The van der Waals surface area contributed by atoms with Crippen LogP contribution in [0, 0.1) is 5.92 Å². The number of carbonyl (C=O) groups excluding carboxylic acids is 2. The predicted octanol–water partition coefficient (Wildman–Crippen LogP) is 1.40. The molecule has 5 nitrogen and oxygen atoms in total. The molecule has 2 rings (SSSR count). The summed E-state index contributed by atoms with van der Waals surface area (Å²) >= 11 is 0. The van der Waals surface area contributed by atoms with Crippen LogP contribution in [0.25, 0.3) is 0 Å². The fourth-order valence-corrected chi connectivity index (χ4v) is 2.67. The summed E-state index contributed by atoms with van der Waals surface area (Å²) in [7, 11) is 1.70. The molecule has 22 heavy (non-hydrogen) atoms. The SMILES string of the molecule is CNC(CC(C)C)C(=O)OC(=O)[C@@H]1Cc2ccccc2CN1. The van der Waals surface area contributed by atoms with Gasteiger partial charge in [0.1, 0.15) is 12.1 Å². The van der Waals surface area contributed by atoms with E-state index in [4.69, 9.17) is 4.74 Å². The number of esters is 2. The lowest BCUT2D eigenvalue weighted by Gasteiger charge is -2.25. The van der Waals surface area contributed by atoms with Crippen molar-refractivity contribution in [3.8, 4) is 0 Å². The number of fused-ring (bicyclic) bond motifs is 1. The first-order chi connectivity index (χ1) is 10.5. The Balaban J connectivity index is 1.94. The van der Waals surface area contributed by atoms with Gasteiger partial charge in [-0.2, -0.15) is 0 Å². The Morgan fingerprint density at radius 3 is 2.64 bits per heavy atom.